The van der Waals surface area contributed by atoms with Gasteiger partial charge in [0.1, 0.15) is 0 Å². The second-order valence-electron chi connectivity index (χ2n) is 4.77. The molecule has 0 spiro atoms. The standard InChI is InChI=1S/C12H20N2O3S/c1-2-11(13)5-3-4-6-12(15)14-18(16,17)9-10-7-8-10/h10-11H,2-3,5,7-9,13H2,1H3,(H,14,15)/p+1. The number of amides is 1. The minimum absolute atomic E-state index is 0.0389. The molecule has 102 valence electrons. The Morgan fingerprint density at radius 3 is 2.72 bits per heavy atom. The molecule has 0 radical (unpaired) electrons. The predicted octanol–water partition coefficient (Wildman–Crippen LogP) is -0.353. The van der Waals surface area contributed by atoms with Crippen LogP contribution in [0.4, 0.5) is 0 Å². The third-order valence-corrected chi connectivity index (χ3v) is 4.26. The molecule has 0 aromatic carbocycles. The molecular weight excluding hydrogens is 252 g/mol. The van der Waals surface area contributed by atoms with E-state index in [2.05, 4.69) is 17.6 Å². The maximum absolute atomic E-state index is 11.5. The van der Waals surface area contributed by atoms with Crippen molar-refractivity contribution in [2.45, 2.75) is 45.1 Å². The molecule has 1 unspecified atom stereocenters. The molecule has 1 saturated carbocycles. The van der Waals surface area contributed by atoms with Crippen LogP contribution < -0.4 is 10.5 Å². The van der Waals surface area contributed by atoms with Gasteiger partial charge in [-0.2, -0.15) is 0 Å². The van der Waals surface area contributed by atoms with Crippen molar-refractivity contribution >= 4 is 15.9 Å². The molecule has 0 bridgehead atoms. The summed E-state index contributed by atoms with van der Waals surface area (Å²) in [5.74, 6) is 4.51. The second kappa shape index (κ2) is 6.76. The van der Waals surface area contributed by atoms with Gasteiger partial charge in [-0.1, -0.05) is 12.8 Å². The Labute approximate surface area is 109 Å². The highest BCUT2D eigenvalue weighted by Crippen LogP contribution is 2.29. The Balaban J connectivity index is 2.29. The zero-order valence-corrected chi connectivity index (χ0v) is 11.6. The van der Waals surface area contributed by atoms with Crippen molar-refractivity contribution in [3.8, 4) is 11.8 Å². The van der Waals surface area contributed by atoms with Gasteiger partial charge >= 0.3 is 5.91 Å². The smallest absolute Gasteiger partial charge is 0.309 e. The molecular formula is C12H21N2O3S+. The van der Waals surface area contributed by atoms with E-state index in [1.165, 1.54) is 0 Å². The maximum atomic E-state index is 11.5. The lowest BCUT2D eigenvalue weighted by atomic mass is 10.1. The van der Waals surface area contributed by atoms with Crippen LogP contribution in [0.2, 0.25) is 0 Å². The van der Waals surface area contributed by atoms with E-state index in [-0.39, 0.29) is 11.7 Å². The highest BCUT2D eigenvalue weighted by molar-refractivity contribution is 7.90. The van der Waals surface area contributed by atoms with Crippen LogP contribution in [-0.4, -0.2) is 26.1 Å². The van der Waals surface area contributed by atoms with E-state index in [4.69, 9.17) is 0 Å². The summed E-state index contributed by atoms with van der Waals surface area (Å²) in [6.45, 7) is 2.04. The summed E-state index contributed by atoms with van der Waals surface area (Å²) >= 11 is 0. The van der Waals surface area contributed by atoms with Crippen LogP contribution in [0.5, 0.6) is 0 Å². The van der Waals surface area contributed by atoms with Crippen LogP contribution >= 0.6 is 0 Å². The maximum Gasteiger partial charge on any atom is 0.309 e. The SMILES string of the molecule is CCC([NH3+])CCC#CC(=O)NS(=O)(=O)CC1CC1. The molecule has 5 nitrogen and oxygen atoms in total. The number of rotatable bonds is 6. The van der Waals surface area contributed by atoms with Gasteiger partial charge in [0.05, 0.1) is 11.8 Å². The summed E-state index contributed by atoms with van der Waals surface area (Å²) in [4.78, 5) is 11.3. The van der Waals surface area contributed by atoms with Gasteiger partial charge in [0.15, 0.2) is 0 Å². The van der Waals surface area contributed by atoms with Crippen molar-refractivity contribution in [3.63, 3.8) is 0 Å². The Bertz CT molecular complexity index is 444. The van der Waals surface area contributed by atoms with E-state index in [9.17, 15) is 13.2 Å². The van der Waals surface area contributed by atoms with Gasteiger partial charge in [0, 0.05) is 12.8 Å². The van der Waals surface area contributed by atoms with Gasteiger partial charge in [-0.25, -0.2) is 13.1 Å². The number of nitrogens with one attached hydrogen (secondary N) is 1. The van der Waals surface area contributed by atoms with Gasteiger partial charge in [0.25, 0.3) is 0 Å². The monoisotopic (exact) mass is 273 g/mol. The minimum atomic E-state index is -3.49. The van der Waals surface area contributed by atoms with E-state index < -0.39 is 15.9 Å². The number of sulfonamides is 1. The van der Waals surface area contributed by atoms with Gasteiger partial charge in [-0.15, -0.1) is 0 Å². The Kier molecular flexibility index (Phi) is 5.63. The molecule has 0 aromatic heterocycles. The fourth-order valence-corrected chi connectivity index (χ4v) is 2.80. The predicted molar refractivity (Wildman–Crippen MR) is 68.6 cm³/mol. The van der Waals surface area contributed by atoms with Gasteiger partial charge in [0.2, 0.25) is 10.0 Å². The first-order valence-electron chi connectivity index (χ1n) is 6.29. The average molecular weight is 273 g/mol. The first kappa shape index (κ1) is 15.0. The Morgan fingerprint density at radius 2 is 2.17 bits per heavy atom. The zero-order chi connectivity index (χ0) is 13.6. The molecule has 1 amide bonds. The summed E-state index contributed by atoms with van der Waals surface area (Å²) in [5.41, 5.74) is 3.91. The van der Waals surface area contributed by atoms with E-state index in [0.717, 1.165) is 25.7 Å². The first-order chi connectivity index (χ1) is 8.43. The largest absolute Gasteiger partial charge is 0.355 e. The summed E-state index contributed by atoms with van der Waals surface area (Å²) < 4.78 is 24.9. The van der Waals surface area contributed by atoms with E-state index in [1.807, 2.05) is 11.6 Å². The number of hydrogen-bond donors (Lipinski definition) is 2. The molecule has 0 saturated heterocycles. The fraction of sp³-hybridized carbons (Fsp3) is 0.750. The number of carbonyl (C=O) groups excluding carboxylic acids is 1. The van der Waals surface area contributed by atoms with E-state index in [1.54, 1.807) is 0 Å². The third kappa shape index (κ3) is 6.62. The Morgan fingerprint density at radius 1 is 1.50 bits per heavy atom. The lowest BCUT2D eigenvalue weighted by molar-refractivity contribution is -0.421. The van der Waals surface area contributed by atoms with Crippen LogP contribution in [0, 0.1) is 17.8 Å². The minimum Gasteiger partial charge on any atom is -0.355 e. The first-order valence-corrected chi connectivity index (χ1v) is 7.94. The molecule has 6 heteroatoms. The van der Waals surface area contributed by atoms with Gasteiger partial charge < -0.3 is 5.73 Å². The number of quaternary nitrogens is 1. The lowest BCUT2D eigenvalue weighted by Gasteiger charge is -2.02. The molecule has 0 aliphatic heterocycles. The van der Waals surface area contributed by atoms with Crippen LogP contribution in [0.1, 0.15) is 39.0 Å². The van der Waals surface area contributed by atoms with Crippen molar-refractivity contribution in [1.82, 2.24) is 4.72 Å². The zero-order valence-electron chi connectivity index (χ0n) is 10.7. The summed E-state index contributed by atoms with van der Waals surface area (Å²) in [5, 5.41) is 0. The molecule has 1 fully saturated rings. The third-order valence-electron chi connectivity index (χ3n) is 2.86. The topological polar surface area (TPSA) is 90.9 Å². The molecule has 18 heavy (non-hydrogen) atoms. The fourth-order valence-electron chi connectivity index (χ4n) is 1.43. The van der Waals surface area contributed by atoms with Crippen LogP contribution in [0.15, 0.2) is 0 Å². The van der Waals surface area contributed by atoms with Gasteiger partial charge in [-0.05, 0) is 31.1 Å². The summed E-state index contributed by atoms with van der Waals surface area (Å²) in [7, 11) is -3.49. The number of carbonyl (C=O) groups is 1. The normalized spacial score (nSPS) is 16.6. The molecule has 1 aliphatic carbocycles. The van der Waals surface area contributed by atoms with Gasteiger partial charge in [-0.3, -0.25) is 4.79 Å². The highest BCUT2D eigenvalue weighted by Gasteiger charge is 2.28. The Hall–Kier alpha value is -1.06. The summed E-state index contributed by atoms with van der Waals surface area (Å²) in [6.07, 6.45) is 4.23. The van der Waals surface area contributed by atoms with E-state index in [0.29, 0.717) is 12.5 Å². The van der Waals surface area contributed by atoms with E-state index >= 15 is 0 Å². The van der Waals surface area contributed by atoms with Crippen molar-refractivity contribution < 1.29 is 18.9 Å². The van der Waals surface area contributed by atoms with Crippen LogP contribution in [0.25, 0.3) is 0 Å². The van der Waals surface area contributed by atoms with Crippen LogP contribution in [0.3, 0.4) is 0 Å². The molecule has 0 aromatic rings. The molecule has 0 heterocycles. The van der Waals surface area contributed by atoms with Crippen LogP contribution in [-0.2, 0) is 14.8 Å². The molecule has 4 N–H and O–H groups in total. The van der Waals surface area contributed by atoms with Crippen molar-refractivity contribution in [2.75, 3.05) is 5.75 Å². The van der Waals surface area contributed by atoms with Crippen molar-refractivity contribution in [1.29, 1.82) is 0 Å². The molecule has 1 aliphatic rings. The summed E-state index contributed by atoms with van der Waals surface area (Å²) in [6, 6.07) is 0.334. The molecule has 1 atom stereocenters. The average Bonchev–Trinajstić information content (AvgIpc) is 3.06. The van der Waals surface area contributed by atoms with Crippen molar-refractivity contribution in [3.05, 3.63) is 0 Å². The number of hydrogen-bond acceptors (Lipinski definition) is 3. The molecule has 1 rings (SSSR count). The highest BCUT2D eigenvalue weighted by atomic mass is 32.2. The second-order valence-corrected chi connectivity index (χ2v) is 6.54. The lowest BCUT2D eigenvalue weighted by Crippen LogP contribution is -2.60. The quantitative estimate of drug-likeness (QED) is 0.648. The van der Waals surface area contributed by atoms with Crippen molar-refractivity contribution in [2.24, 2.45) is 5.92 Å².